The molecule has 2 rings (SSSR count). The molecule has 1 heterocycles. The Morgan fingerprint density at radius 2 is 2.09 bits per heavy atom. The monoisotopic (exact) mass is 329 g/mol. The Morgan fingerprint density at radius 1 is 1.41 bits per heavy atom. The lowest BCUT2D eigenvalue weighted by Crippen LogP contribution is -2.49. The quantitative estimate of drug-likeness (QED) is 0.899. The van der Waals surface area contributed by atoms with Crippen molar-refractivity contribution in [2.24, 2.45) is 5.41 Å². The van der Waals surface area contributed by atoms with E-state index in [-0.39, 0.29) is 18.7 Å². The third-order valence-electron chi connectivity index (χ3n) is 4.36. The molecule has 0 bridgehead atoms. The van der Waals surface area contributed by atoms with Gasteiger partial charge >= 0.3 is 5.97 Å². The Labute approximate surface area is 129 Å². The molecule has 1 aliphatic rings. The smallest absolute Gasteiger partial charge is 0.310 e. The van der Waals surface area contributed by atoms with Crippen LogP contribution >= 0.6 is 0 Å². The average molecular weight is 329 g/mol. The van der Waals surface area contributed by atoms with E-state index in [4.69, 9.17) is 0 Å². The summed E-state index contributed by atoms with van der Waals surface area (Å²) in [5.41, 5.74) is -0.939. The summed E-state index contributed by atoms with van der Waals surface area (Å²) in [6.07, 6.45) is 1.33. The maximum Gasteiger partial charge on any atom is 0.310 e. The highest BCUT2D eigenvalue weighted by molar-refractivity contribution is 7.88. The van der Waals surface area contributed by atoms with Gasteiger partial charge in [0.15, 0.2) is 0 Å². The number of piperidine rings is 1. The van der Waals surface area contributed by atoms with Gasteiger partial charge in [0.2, 0.25) is 10.0 Å². The van der Waals surface area contributed by atoms with E-state index in [2.05, 4.69) is 0 Å². The number of carboxylic acid groups (broad SMARTS) is 1. The van der Waals surface area contributed by atoms with E-state index in [1.165, 1.54) is 22.5 Å². The van der Waals surface area contributed by atoms with Gasteiger partial charge in [0, 0.05) is 18.7 Å². The van der Waals surface area contributed by atoms with Crippen LogP contribution in [0.15, 0.2) is 24.3 Å². The predicted octanol–water partition coefficient (Wildman–Crippen LogP) is 2.23. The summed E-state index contributed by atoms with van der Waals surface area (Å²) in [6.45, 7) is 1.99. The van der Waals surface area contributed by atoms with Crippen LogP contribution in [-0.2, 0) is 20.6 Å². The lowest BCUT2D eigenvalue weighted by molar-refractivity contribution is -0.151. The summed E-state index contributed by atoms with van der Waals surface area (Å²) < 4.78 is 39.9. The van der Waals surface area contributed by atoms with E-state index in [0.29, 0.717) is 19.3 Å². The fraction of sp³-hybridized carbons (Fsp3) is 0.533. The second kappa shape index (κ2) is 6.34. The highest BCUT2D eigenvalue weighted by Crippen LogP contribution is 2.35. The molecule has 22 heavy (non-hydrogen) atoms. The first-order valence-corrected chi connectivity index (χ1v) is 8.86. The minimum atomic E-state index is -3.74. The SMILES string of the molecule is CCC1(C(=O)O)CCCN(S(=O)(=O)Cc2ccccc2F)C1. The Kier molecular flexibility index (Phi) is 4.87. The van der Waals surface area contributed by atoms with Crippen molar-refractivity contribution in [2.75, 3.05) is 13.1 Å². The van der Waals surface area contributed by atoms with Gasteiger partial charge in [-0.1, -0.05) is 25.1 Å². The number of carboxylic acids is 1. The number of carbonyl (C=O) groups is 1. The maximum atomic E-state index is 13.7. The lowest BCUT2D eigenvalue weighted by atomic mass is 9.78. The molecule has 1 atom stereocenters. The minimum absolute atomic E-state index is 0.0460. The molecule has 122 valence electrons. The summed E-state index contributed by atoms with van der Waals surface area (Å²) in [7, 11) is -3.74. The summed E-state index contributed by atoms with van der Waals surface area (Å²) in [6, 6.07) is 5.73. The summed E-state index contributed by atoms with van der Waals surface area (Å²) in [5.74, 6) is -1.98. The summed E-state index contributed by atoms with van der Waals surface area (Å²) in [4.78, 5) is 11.5. The maximum absolute atomic E-state index is 13.7. The molecule has 0 saturated carbocycles. The van der Waals surface area contributed by atoms with Gasteiger partial charge < -0.3 is 5.11 Å². The van der Waals surface area contributed by atoms with E-state index >= 15 is 0 Å². The van der Waals surface area contributed by atoms with Crippen molar-refractivity contribution in [3.63, 3.8) is 0 Å². The number of nitrogens with zero attached hydrogens (tertiary/aromatic N) is 1. The largest absolute Gasteiger partial charge is 0.481 e. The Balaban J connectivity index is 2.22. The third-order valence-corrected chi connectivity index (χ3v) is 6.14. The second-order valence-electron chi connectivity index (χ2n) is 5.72. The van der Waals surface area contributed by atoms with Gasteiger partial charge in [0.1, 0.15) is 5.82 Å². The van der Waals surface area contributed by atoms with Gasteiger partial charge in [0.05, 0.1) is 11.2 Å². The van der Waals surface area contributed by atoms with Gasteiger partial charge in [-0.2, -0.15) is 0 Å². The minimum Gasteiger partial charge on any atom is -0.481 e. The molecule has 1 fully saturated rings. The second-order valence-corrected chi connectivity index (χ2v) is 7.69. The molecule has 1 unspecified atom stereocenters. The molecule has 7 heteroatoms. The lowest BCUT2D eigenvalue weighted by Gasteiger charge is -2.38. The van der Waals surface area contributed by atoms with Crippen LogP contribution in [0.2, 0.25) is 0 Å². The molecule has 0 aliphatic carbocycles. The van der Waals surface area contributed by atoms with Crippen molar-refractivity contribution in [1.29, 1.82) is 0 Å². The van der Waals surface area contributed by atoms with Gasteiger partial charge in [-0.3, -0.25) is 4.79 Å². The van der Waals surface area contributed by atoms with Crippen LogP contribution in [0.5, 0.6) is 0 Å². The zero-order valence-corrected chi connectivity index (χ0v) is 13.3. The first-order valence-electron chi connectivity index (χ1n) is 7.25. The first kappa shape index (κ1) is 16.9. The van der Waals surface area contributed by atoms with E-state index in [0.717, 1.165) is 0 Å². The molecule has 1 N–H and O–H groups in total. The van der Waals surface area contributed by atoms with Crippen LogP contribution in [0.1, 0.15) is 31.7 Å². The molecule has 0 radical (unpaired) electrons. The fourth-order valence-corrected chi connectivity index (χ4v) is 4.51. The normalized spacial score (nSPS) is 23.4. The van der Waals surface area contributed by atoms with E-state index in [1.807, 2.05) is 0 Å². The molecule has 1 aromatic carbocycles. The molecule has 0 aromatic heterocycles. The van der Waals surface area contributed by atoms with Crippen LogP contribution in [-0.4, -0.2) is 36.9 Å². The van der Waals surface area contributed by atoms with Crippen LogP contribution < -0.4 is 0 Å². The number of hydrogen-bond acceptors (Lipinski definition) is 3. The fourth-order valence-electron chi connectivity index (χ4n) is 2.84. The van der Waals surface area contributed by atoms with Gasteiger partial charge in [-0.05, 0) is 25.3 Å². The third kappa shape index (κ3) is 3.30. The van der Waals surface area contributed by atoms with Crippen molar-refractivity contribution in [3.8, 4) is 0 Å². The van der Waals surface area contributed by atoms with Crippen molar-refractivity contribution in [2.45, 2.75) is 31.9 Å². The molecule has 1 aliphatic heterocycles. The number of hydrogen-bond donors (Lipinski definition) is 1. The number of benzene rings is 1. The van der Waals surface area contributed by atoms with E-state index in [9.17, 15) is 22.7 Å². The summed E-state index contributed by atoms with van der Waals surface area (Å²) >= 11 is 0. The van der Waals surface area contributed by atoms with Gasteiger partial charge in [-0.15, -0.1) is 0 Å². The Morgan fingerprint density at radius 3 is 2.68 bits per heavy atom. The van der Waals surface area contributed by atoms with Crippen molar-refractivity contribution in [3.05, 3.63) is 35.6 Å². The van der Waals surface area contributed by atoms with Crippen molar-refractivity contribution >= 4 is 16.0 Å². The standard InChI is InChI=1S/C15H20FNO4S/c1-2-15(14(18)19)8-5-9-17(11-15)22(20,21)10-12-6-3-4-7-13(12)16/h3-4,6-7H,2,5,8-11H2,1H3,(H,18,19). The van der Waals surface area contributed by atoms with Crippen molar-refractivity contribution < 1.29 is 22.7 Å². The number of aliphatic carboxylic acids is 1. The summed E-state index contributed by atoms with van der Waals surface area (Å²) in [5, 5.41) is 9.42. The Bertz CT molecular complexity index is 661. The zero-order valence-electron chi connectivity index (χ0n) is 12.5. The molecule has 1 saturated heterocycles. The van der Waals surface area contributed by atoms with Gasteiger partial charge in [-0.25, -0.2) is 17.1 Å². The predicted molar refractivity (Wildman–Crippen MR) is 80.2 cm³/mol. The van der Waals surface area contributed by atoms with Gasteiger partial charge in [0.25, 0.3) is 0 Å². The first-order chi connectivity index (χ1) is 10.3. The molecule has 1 aromatic rings. The van der Waals surface area contributed by atoms with Crippen LogP contribution in [0.3, 0.4) is 0 Å². The molecule has 5 nitrogen and oxygen atoms in total. The van der Waals surface area contributed by atoms with Crippen LogP contribution in [0.4, 0.5) is 4.39 Å². The van der Waals surface area contributed by atoms with E-state index < -0.39 is 33.0 Å². The Hall–Kier alpha value is -1.47. The molecule has 0 amide bonds. The molecular weight excluding hydrogens is 309 g/mol. The molecular formula is C15H20FNO4S. The number of sulfonamides is 1. The zero-order chi connectivity index (χ0) is 16.4. The van der Waals surface area contributed by atoms with Crippen LogP contribution in [0.25, 0.3) is 0 Å². The highest BCUT2D eigenvalue weighted by atomic mass is 32.2. The van der Waals surface area contributed by atoms with Crippen LogP contribution in [0, 0.1) is 11.2 Å². The number of rotatable bonds is 5. The average Bonchev–Trinajstić information content (AvgIpc) is 2.49. The molecule has 0 spiro atoms. The highest BCUT2D eigenvalue weighted by Gasteiger charge is 2.43. The van der Waals surface area contributed by atoms with Crippen molar-refractivity contribution in [1.82, 2.24) is 4.31 Å². The number of halogens is 1. The topological polar surface area (TPSA) is 74.7 Å². The van der Waals surface area contributed by atoms with E-state index in [1.54, 1.807) is 13.0 Å².